The minimum absolute atomic E-state index is 0.116. The second-order valence-electron chi connectivity index (χ2n) is 10.0. The Hall–Kier alpha value is -2.51. The van der Waals surface area contributed by atoms with E-state index in [-0.39, 0.29) is 34.5 Å². The molecule has 36 heavy (non-hydrogen) atoms. The van der Waals surface area contributed by atoms with E-state index in [0.717, 1.165) is 63.6 Å². The Morgan fingerprint density at radius 3 is 3.00 bits per heavy atom. The van der Waals surface area contributed by atoms with E-state index in [4.69, 9.17) is 21.1 Å². The molecule has 1 aromatic carbocycles. The van der Waals surface area contributed by atoms with Crippen molar-refractivity contribution in [3.8, 4) is 11.5 Å². The first-order valence-electron chi connectivity index (χ1n) is 12.9. The zero-order valence-corrected chi connectivity index (χ0v) is 21.8. The van der Waals surface area contributed by atoms with E-state index in [2.05, 4.69) is 27.4 Å². The van der Waals surface area contributed by atoms with E-state index in [1.54, 1.807) is 6.20 Å². The summed E-state index contributed by atoms with van der Waals surface area (Å²) in [5.41, 5.74) is 0.676. The van der Waals surface area contributed by atoms with Crippen LogP contribution in [-0.4, -0.2) is 28.7 Å². The molecule has 194 valence electrons. The first-order chi connectivity index (χ1) is 17.4. The maximum atomic E-state index is 13.5. The fraction of sp³-hybridized carbons (Fsp3) is 0.536. The highest BCUT2D eigenvalue weighted by molar-refractivity contribution is 6.32. The lowest BCUT2D eigenvalue weighted by molar-refractivity contribution is -0.161. The average molecular weight is 516 g/mol. The number of nitrogens with zero attached hydrogens (tertiary/aromatic N) is 2. The molecule has 2 fully saturated rings. The van der Waals surface area contributed by atoms with Gasteiger partial charge in [0.1, 0.15) is 17.9 Å². The lowest BCUT2D eigenvalue weighted by atomic mass is 9.82. The van der Waals surface area contributed by atoms with E-state index >= 15 is 0 Å². The third-order valence-electron chi connectivity index (χ3n) is 7.49. The Balaban J connectivity index is 1.40. The van der Waals surface area contributed by atoms with Gasteiger partial charge in [0.15, 0.2) is 12.0 Å². The first-order valence-corrected chi connectivity index (χ1v) is 13.3. The summed E-state index contributed by atoms with van der Waals surface area (Å²) in [7, 11) is 0. The molecule has 0 radical (unpaired) electrons. The minimum atomic E-state index is -0.424. The lowest BCUT2D eigenvalue weighted by Gasteiger charge is -2.31. The highest BCUT2D eigenvalue weighted by atomic mass is 35.5. The number of carbonyl (C=O) groups is 1. The van der Waals surface area contributed by atoms with E-state index < -0.39 is 5.82 Å². The van der Waals surface area contributed by atoms with Crippen LogP contribution < -0.4 is 10.1 Å². The van der Waals surface area contributed by atoms with Gasteiger partial charge in [-0.3, -0.25) is 10.1 Å². The zero-order chi connectivity index (χ0) is 25.5. The van der Waals surface area contributed by atoms with Crippen molar-refractivity contribution >= 4 is 17.6 Å². The molecule has 0 bridgehead atoms. The van der Waals surface area contributed by atoms with Crippen LogP contribution in [0.3, 0.4) is 0 Å². The largest absolute Gasteiger partial charge is 0.452 e. The number of nitrogens with one attached hydrogen (secondary N) is 1. The number of unbranched alkanes of at least 4 members (excludes halogenated alkanes) is 2. The van der Waals surface area contributed by atoms with Crippen molar-refractivity contribution in [3.05, 3.63) is 59.4 Å². The molecule has 4 unspecified atom stereocenters. The van der Waals surface area contributed by atoms with Gasteiger partial charge in [0.05, 0.1) is 22.8 Å². The fourth-order valence-electron chi connectivity index (χ4n) is 5.44. The molecule has 8 heteroatoms. The predicted molar refractivity (Wildman–Crippen MR) is 137 cm³/mol. The third kappa shape index (κ3) is 6.24. The van der Waals surface area contributed by atoms with Crippen molar-refractivity contribution in [2.24, 2.45) is 11.3 Å². The molecule has 1 N–H and O–H groups in total. The second-order valence-corrected chi connectivity index (χ2v) is 10.4. The fourth-order valence-corrected chi connectivity index (χ4v) is 5.64. The molecule has 1 saturated heterocycles. The van der Waals surface area contributed by atoms with Crippen molar-refractivity contribution in [3.63, 3.8) is 0 Å². The number of ether oxygens (including phenoxy) is 2. The van der Waals surface area contributed by atoms with Crippen LogP contribution >= 0.6 is 11.6 Å². The van der Waals surface area contributed by atoms with Crippen molar-refractivity contribution in [2.45, 2.75) is 77.4 Å². The van der Waals surface area contributed by atoms with E-state index in [0.29, 0.717) is 11.5 Å². The van der Waals surface area contributed by atoms with Crippen LogP contribution in [-0.2, 0) is 9.53 Å². The van der Waals surface area contributed by atoms with Crippen LogP contribution in [0.5, 0.6) is 11.5 Å². The van der Waals surface area contributed by atoms with Crippen LogP contribution in [0.25, 0.3) is 0 Å². The topological polar surface area (TPSA) is 73.3 Å². The monoisotopic (exact) mass is 515 g/mol. The summed E-state index contributed by atoms with van der Waals surface area (Å²) >= 11 is 6.17. The number of hydrogen-bond donors (Lipinski definition) is 1. The molecule has 6 nitrogen and oxygen atoms in total. The molecule has 2 heterocycles. The van der Waals surface area contributed by atoms with Crippen molar-refractivity contribution in [2.75, 3.05) is 6.54 Å². The van der Waals surface area contributed by atoms with Gasteiger partial charge in [0, 0.05) is 11.3 Å². The lowest BCUT2D eigenvalue weighted by Crippen LogP contribution is -2.40. The molecule has 1 aliphatic heterocycles. The standard InChI is InChI=1S/C28H35ClFN3O3/c1-3-4-5-6-7-8-19(2)26(34)36-27-28(13-14-32-27)12-11-20(16-28)25-24(17-31-18-33-25)35-23-10-9-21(30)15-22(23)29/h3-4,9-10,15,17-20,27,32H,5-8,11-14,16H2,1-2H3. The van der Waals surface area contributed by atoms with Crippen LogP contribution in [0.2, 0.25) is 5.02 Å². The Morgan fingerprint density at radius 2 is 2.19 bits per heavy atom. The van der Waals surface area contributed by atoms with Gasteiger partial charge in [-0.15, -0.1) is 0 Å². The van der Waals surface area contributed by atoms with Gasteiger partial charge in [-0.25, -0.2) is 14.4 Å². The summed E-state index contributed by atoms with van der Waals surface area (Å²) in [5.74, 6) is 0.337. The number of carbonyl (C=O) groups excluding carboxylic acids is 1. The third-order valence-corrected chi connectivity index (χ3v) is 7.79. The van der Waals surface area contributed by atoms with Gasteiger partial charge in [-0.1, -0.05) is 37.1 Å². The number of allylic oxidation sites excluding steroid dienone is 2. The van der Waals surface area contributed by atoms with Crippen LogP contribution in [0, 0.1) is 17.2 Å². The van der Waals surface area contributed by atoms with Crippen LogP contribution in [0.4, 0.5) is 4.39 Å². The van der Waals surface area contributed by atoms with Crippen molar-refractivity contribution < 1.29 is 18.7 Å². The van der Waals surface area contributed by atoms with Gasteiger partial charge < -0.3 is 9.47 Å². The molecular formula is C28H35ClFN3O3. The van der Waals surface area contributed by atoms with Crippen molar-refractivity contribution in [1.82, 2.24) is 15.3 Å². The highest BCUT2D eigenvalue weighted by Gasteiger charge is 2.51. The number of esters is 1. The van der Waals surface area contributed by atoms with E-state index in [1.165, 1.54) is 24.5 Å². The summed E-state index contributed by atoms with van der Waals surface area (Å²) in [6.07, 6.45) is 14.7. The average Bonchev–Trinajstić information content (AvgIpc) is 3.47. The Kier molecular flexibility index (Phi) is 8.96. The Labute approximate surface area is 217 Å². The molecular weight excluding hydrogens is 481 g/mol. The van der Waals surface area contributed by atoms with Crippen LogP contribution in [0.15, 0.2) is 42.9 Å². The van der Waals surface area contributed by atoms with Gasteiger partial charge in [0.2, 0.25) is 0 Å². The molecule has 1 aliphatic carbocycles. The van der Waals surface area contributed by atoms with Gasteiger partial charge >= 0.3 is 5.97 Å². The second kappa shape index (κ2) is 12.2. The summed E-state index contributed by atoms with van der Waals surface area (Å²) < 4.78 is 25.5. The molecule has 4 atom stereocenters. The summed E-state index contributed by atoms with van der Waals surface area (Å²) in [6.45, 7) is 4.81. The summed E-state index contributed by atoms with van der Waals surface area (Å²) in [5, 5.41) is 3.62. The molecule has 1 spiro atoms. The summed E-state index contributed by atoms with van der Waals surface area (Å²) in [6, 6.07) is 4.03. The molecule has 2 aliphatic rings. The molecule has 1 saturated carbocycles. The quantitative estimate of drug-likeness (QED) is 0.210. The smallest absolute Gasteiger partial charge is 0.310 e. The van der Waals surface area contributed by atoms with E-state index in [9.17, 15) is 9.18 Å². The van der Waals surface area contributed by atoms with E-state index in [1.807, 2.05) is 13.8 Å². The normalized spacial score (nSPS) is 24.4. The SMILES string of the molecule is CC=CCCCCC(C)C(=O)OC1NCCC12CCC(c1ncncc1Oc1ccc(F)cc1Cl)C2. The molecule has 1 aromatic heterocycles. The highest BCUT2D eigenvalue weighted by Crippen LogP contribution is 2.54. The predicted octanol–water partition coefficient (Wildman–Crippen LogP) is 6.95. The number of benzene rings is 1. The van der Waals surface area contributed by atoms with Crippen molar-refractivity contribution in [1.29, 1.82) is 0 Å². The molecule has 2 aromatic rings. The number of hydrogen-bond acceptors (Lipinski definition) is 6. The zero-order valence-electron chi connectivity index (χ0n) is 21.0. The summed E-state index contributed by atoms with van der Waals surface area (Å²) in [4.78, 5) is 21.5. The molecule has 0 amide bonds. The maximum absolute atomic E-state index is 13.5. The number of halogens is 2. The first kappa shape index (κ1) is 26.6. The molecule has 4 rings (SSSR count). The number of rotatable bonds is 10. The van der Waals surface area contributed by atoms with Gasteiger partial charge in [-0.2, -0.15) is 0 Å². The Morgan fingerprint density at radius 1 is 1.33 bits per heavy atom. The van der Waals surface area contributed by atoms with Crippen LogP contribution in [0.1, 0.15) is 76.8 Å². The Bertz CT molecular complexity index is 1080. The van der Waals surface area contributed by atoms with Gasteiger partial charge in [-0.05, 0) is 76.6 Å². The maximum Gasteiger partial charge on any atom is 0.310 e. The number of aromatic nitrogens is 2. The van der Waals surface area contributed by atoms with Gasteiger partial charge in [0.25, 0.3) is 0 Å². The minimum Gasteiger partial charge on any atom is -0.452 e.